The molecule has 46 heavy (non-hydrogen) atoms. The number of nitrogens with zero attached hydrogens (tertiary/aromatic N) is 7. The Kier molecular flexibility index (Phi) is 9.83. The SMILES string of the molecule is Cc1ccc(CC(=O)c2cc(N3CCN(C)CC3)cc(C(F)(F)F)c2)cc1-n1cc(-c2cnc(CCCN3CCOCC3)s2)nn1. The van der Waals surface area contributed by atoms with Gasteiger partial charge in [0, 0.05) is 69.6 Å². The molecule has 0 atom stereocenters. The number of anilines is 1. The van der Waals surface area contributed by atoms with Crippen LogP contribution in [0.25, 0.3) is 16.3 Å². The first-order valence-corrected chi connectivity index (χ1v) is 16.4. The van der Waals surface area contributed by atoms with Gasteiger partial charge in [0.25, 0.3) is 0 Å². The number of halogens is 3. The van der Waals surface area contributed by atoms with Crippen molar-refractivity contribution in [2.75, 3.05) is 71.0 Å². The topological polar surface area (TPSA) is 79.6 Å². The molecule has 0 N–H and O–H groups in total. The molecule has 0 spiro atoms. The fourth-order valence-electron chi connectivity index (χ4n) is 5.80. The molecule has 2 aromatic carbocycles. The van der Waals surface area contributed by atoms with Gasteiger partial charge in [0.2, 0.25) is 0 Å². The molecular weight excluding hydrogens is 615 g/mol. The maximum atomic E-state index is 13.8. The van der Waals surface area contributed by atoms with Crippen LogP contribution in [0.3, 0.4) is 0 Å². The van der Waals surface area contributed by atoms with Crippen LogP contribution < -0.4 is 4.90 Å². The smallest absolute Gasteiger partial charge is 0.379 e. The number of piperazine rings is 1. The molecule has 0 radical (unpaired) electrons. The number of hydrogen-bond donors (Lipinski definition) is 0. The molecule has 2 aromatic heterocycles. The van der Waals surface area contributed by atoms with Crippen molar-refractivity contribution in [2.24, 2.45) is 0 Å². The van der Waals surface area contributed by atoms with Gasteiger partial charge in [-0.2, -0.15) is 13.2 Å². The van der Waals surface area contributed by atoms with Crippen molar-refractivity contribution < 1.29 is 22.7 Å². The molecular formula is C33H38F3N7O2S. The number of thiazole rings is 1. The number of likely N-dealkylation sites (N-methyl/N-ethyl adjacent to an activating group) is 1. The Morgan fingerprint density at radius 1 is 1.02 bits per heavy atom. The number of hydrogen-bond acceptors (Lipinski definition) is 9. The number of carbonyl (C=O) groups excluding carboxylic acids is 1. The second-order valence-electron chi connectivity index (χ2n) is 12.0. The van der Waals surface area contributed by atoms with Gasteiger partial charge in [-0.05, 0) is 62.3 Å². The Hall–Kier alpha value is -3.65. The number of ketones is 1. The van der Waals surface area contributed by atoms with Gasteiger partial charge in [-0.25, -0.2) is 9.67 Å². The minimum atomic E-state index is -4.55. The van der Waals surface area contributed by atoms with Crippen molar-refractivity contribution in [1.29, 1.82) is 0 Å². The molecule has 2 fully saturated rings. The van der Waals surface area contributed by atoms with E-state index < -0.39 is 11.7 Å². The summed E-state index contributed by atoms with van der Waals surface area (Å²) in [6.07, 6.45) is 1.00. The van der Waals surface area contributed by atoms with Gasteiger partial charge in [0.15, 0.2) is 5.78 Å². The lowest BCUT2D eigenvalue weighted by Gasteiger charge is -2.34. The van der Waals surface area contributed by atoms with Gasteiger partial charge in [-0.15, -0.1) is 16.4 Å². The van der Waals surface area contributed by atoms with E-state index in [1.165, 1.54) is 0 Å². The number of benzene rings is 2. The van der Waals surface area contributed by atoms with Crippen LogP contribution in [0.2, 0.25) is 0 Å². The zero-order chi connectivity index (χ0) is 32.3. The van der Waals surface area contributed by atoms with E-state index in [1.807, 2.05) is 49.5 Å². The molecule has 0 bridgehead atoms. The number of rotatable bonds is 10. The highest BCUT2D eigenvalue weighted by Crippen LogP contribution is 2.34. The quantitative estimate of drug-likeness (QED) is 0.217. The minimum absolute atomic E-state index is 0.0407. The van der Waals surface area contributed by atoms with Crippen molar-refractivity contribution in [3.8, 4) is 16.3 Å². The Bertz CT molecular complexity index is 1660. The van der Waals surface area contributed by atoms with Crippen molar-refractivity contribution in [2.45, 2.75) is 32.4 Å². The van der Waals surface area contributed by atoms with Crippen LogP contribution in [0.1, 0.15) is 38.5 Å². The third kappa shape index (κ3) is 7.83. The molecule has 4 heterocycles. The average molecular weight is 654 g/mol. The molecule has 4 aromatic rings. The summed E-state index contributed by atoms with van der Waals surface area (Å²) in [6, 6.07) is 9.27. The normalized spacial score (nSPS) is 16.7. The molecule has 244 valence electrons. The second-order valence-corrected chi connectivity index (χ2v) is 13.1. The Morgan fingerprint density at radius 3 is 2.57 bits per heavy atom. The first-order chi connectivity index (χ1) is 22.1. The third-order valence-electron chi connectivity index (χ3n) is 8.59. The molecule has 13 heteroatoms. The van der Waals surface area contributed by atoms with Crippen LogP contribution >= 0.6 is 11.3 Å². The fourth-order valence-corrected chi connectivity index (χ4v) is 6.71. The molecule has 0 unspecified atom stereocenters. The van der Waals surface area contributed by atoms with Crippen LogP contribution in [0.15, 0.2) is 48.8 Å². The number of morpholine rings is 1. The van der Waals surface area contributed by atoms with Crippen LogP contribution in [0.4, 0.5) is 18.9 Å². The lowest BCUT2D eigenvalue weighted by Crippen LogP contribution is -2.44. The van der Waals surface area contributed by atoms with E-state index in [0.717, 1.165) is 92.0 Å². The molecule has 0 saturated carbocycles. The van der Waals surface area contributed by atoms with E-state index in [4.69, 9.17) is 4.74 Å². The lowest BCUT2D eigenvalue weighted by atomic mass is 9.98. The molecule has 2 saturated heterocycles. The van der Waals surface area contributed by atoms with Gasteiger partial charge in [0.1, 0.15) is 5.69 Å². The van der Waals surface area contributed by atoms with Gasteiger partial charge in [-0.1, -0.05) is 17.3 Å². The first kappa shape index (κ1) is 32.3. The minimum Gasteiger partial charge on any atom is -0.379 e. The standard InChI is InChI=1S/C33H38F3N7O2S/c1-23-5-6-24(17-30(44)25-18-26(33(34,35)36)20-27(19-25)42-10-8-40(2)9-11-42)16-29(23)43-22-28(38-39-43)31-21-37-32(46-31)4-3-7-41-12-14-45-15-13-41/h5-6,16,18-22H,3-4,7-15,17H2,1-2H3. The van der Waals surface area contributed by atoms with Crippen LogP contribution in [-0.2, 0) is 23.8 Å². The van der Waals surface area contributed by atoms with E-state index >= 15 is 0 Å². The van der Waals surface area contributed by atoms with E-state index in [9.17, 15) is 18.0 Å². The number of Topliss-reactive ketones (excluding diaryl/α,β-unsaturated/α-hetero) is 1. The van der Waals surface area contributed by atoms with Crippen LogP contribution in [-0.4, -0.2) is 102 Å². The monoisotopic (exact) mass is 653 g/mol. The molecule has 0 aliphatic carbocycles. The maximum Gasteiger partial charge on any atom is 0.416 e. The molecule has 0 amide bonds. The molecule has 9 nitrogen and oxygen atoms in total. The average Bonchev–Trinajstić information content (AvgIpc) is 3.73. The number of ether oxygens (including phenoxy) is 1. The molecule has 6 rings (SSSR count). The molecule has 2 aliphatic rings. The van der Waals surface area contributed by atoms with Crippen molar-refractivity contribution in [1.82, 2.24) is 29.8 Å². The van der Waals surface area contributed by atoms with E-state index in [0.29, 0.717) is 30.0 Å². The largest absolute Gasteiger partial charge is 0.416 e. The summed E-state index contributed by atoms with van der Waals surface area (Å²) in [5, 5.41) is 9.79. The summed E-state index contributed by atoms with van der Waals surface area (Å²) in [7, 11) is 1.99. The van der Waals surface area contributed by atoms with Gasteiger partial charge in [0.05, 0.1) is 40.5 Å². The highest BCUT2D eigenvalue weighted by Gasteiger charge is 2.32. The van der Waals surface area contributed by atoms with Crippen molar-refractivity contribution >= 4 is 22.8 Å². The van der Waals surface area contributed by atoms with Crippen LogP contribution in [0.5, 0.6) is 0 Å². The fraction of sp³-hybridized carbons (Fsp3) is 0.455. The number of alkyl halides is 3. The summed E-state index contributed by atoms with van der Waals surface area (Å²) in [6.45, 7) is 9.20. The van der Waals surface area contributed by atoms with Crippen molar-refractivity contribution in [3.63, 3.8) is 0 Å². The number of aryl methyl sites for hydroxylation is 2. The summed E-state index contributed by atoms with van der Waals surface area (Å²) < 4.78 is 48.6. The van der Waals surface area contributed by atoms with E-state index in [1.54, 1.807) is 22.1 Å². The van der Waals surface area contributed by atoms with E-state index in [2.05, 4.69) is 25.1 Å². The van der Waals surface area contributed by atoms with Crippen LogP contribution in [0, 0.1) is 6.92 Å². The molecule has 2 aliphatic heterocycles. The first-order valence-electron chi connectivity index (χ1n) is 15.6. The second kappa shape index (κ2) is 14.0. The Labute approximate surface area is 270 Å². The predicted octanol–water partition coefficient (Wildman–Crippen LogP) is 5.16. The van der Waals surface area contributed by atoms with Gasteiger partial charge in [-0.3, -0.25) is 9.69 Å². The number of carbonyl (C=O) groups is 1. The summed E-state index contributed by atoms with van der Waals surface area (Å²) in [4.78, 5) is 25.4. The zero-order valence-electron chi connectivity index (χ0n) is 26.1. The predicted molar refractivity (Wildman–Crippen MR) is 172 cm³/mol. The highest BCUT2D eigenvalue weighted by molar-refractivity contribution is 7.15. The Balaban J connectivity index is 1.15. The summed E-state index contributed by atoms with van der Waals surface area (Å²) in [5.74, 6) is -0.374. The maximum absolute atomic E-state index is 13.8. The Morgan fingerprint density at radius 2 is 1.80 bits per heavy atom. The zero-order valence-corrected chi connectivity index (χ0v) is 26.9. The van der Waals surface area contributed by atoms with Gasteiger partial charge >= 0.3 is 6.18 Å². The highest BCUT2D eigenvalue weighted by atomic mass is 32.1. The summed E-state index contributed by atoms with van der Waals surface area (Å²) >= 11 is 1.61. The van der Waals surface area contributed by atoms with Crippen molar-refractivity contribution in [3.05, 3.63) is 76.1 Å². The lowest BCUT2D eigenvalue weighted by molar-refractivity contribution is -0.137. The van der Waals surface area contributed by atoms with E-state index in [-0.39, 0.29) is 17.8 Å². The summed E-state index contributed by atoms with van der Waals surface area (Å²) in [5.41, 5.74) is 2.74. The number of aromatic nitrogens is 4. The third-order valence-corrected chi connectivity index (χ3v) is 9.67. The van der Waals surface area contributed by atoms with Gasteiger partial charge < -0.3 is 14.5 Å².